The van der Waals surface area contributed by atoms with Crippen LogP contribution in [0.25, 0.3) is 22.0 Å². The van der Waals surface area contributed by atoms with Crippen molar-refractivity contribution in [1.29, 1.82) is 0 Å². The van der Waals surface area contributed by atoms with Gasteiger partial charge in [-0.05, 0) is 43.2 Å². The fourth-order valence-electron chi connectivity index (χ4n) is 4.18. The number of aryl methyl sites for hydroxylation is 2. The number of anilines is 1. The Morgan fingerprint density at radius 2 is 1.93 bits per heavy atom. The van der Waals surface area contributed by atoms with Crippen molar-refractivity contribution in [3.63, 3.8) is 0 Å². The van der Waals surface area contributed by atoms with E-state index in [4.69, 9.17) is 14.2 Å². The van der Waals surface area contributed by atoms with Crippen molar-refractivity contribution < 1.29 is 31.2 Å². The highest BCUT2D eigenvalue weighted by molar-refractivity contribution is 5.97. The Balaban J connectivity index is 0.00000218. The van der Waals surface area contributed by atoms with Gasteiger partial charge in [-0.1, -0.05) is 6.07 Å². The molecule has 158 valence electrons. The second kappa shape index (κ2) is 8.20. The standard InChI is InChI=1S/C23H25N3O3.ClH/c1-25(2)9-7-24-23-18-13-26-8-6-16-11-21-22(29-14-28-21)12-17(16)19(26)10-15(18)4-5-20(23)27-3;/h4-5,10-13H,6-9,14H2,1-3H3;1H. The van der Waals surface area contributed by atoms with Crippen LogP contribution < -0.4 is 36.5 Å². The van der Waals surface area contributed by atoms with Crippen LogP contribution in [0.15, 0.2) is 36.5 Å². The van der Waals surface area contributed by atoms with Gasteiger partial charge in [-0.25, -0.2) is 0 Å². The van der Waals surface area contributed by atoms with E-state index in [0.717, 1.165) is 49.0 Å². The summed E-state index contributed by atoms with van der Waals surface area (Å²) in [6.07, 6.45) is 3.22. The van der Waals surface area contributed by atoms with Crippen LogP contribution in [0, 0.1) is 0 Å². The molecule has 0 radical (unpaired) electrons. The number of likely N-dealkylation sites (N-methyl/N-ethyl adjacent to an activating group) is 1. The van der Waals surface area contributed by atoms with E-state index in [-0.39, 0.29) is 12.4 Å². The Bertz CT molecular complexity index is 1100. The first-order valence-electron chi connectivity index (χ1n) is 10.00. The lowest BCUT2D eigenvalue weighted by atomic mass is 9.95. The molecule has 0 fully saturated rings. The molecule has 7 heteroatoms. The molecule has 0 atom stereocenters. The molecule has 6 nitrogen and oxygen atoms in total. The molecule has 1 aromatic heterocycles. The van der Waals surface area contributed by atoms with Gasteiger partial charge in [0.2, 0.25) is 12.5 Å². The highest BCUT2D eigenvalue weighted by Crippen LogP contribution is 2.41. The van der Waals surface area contributed by atoms with Crippen LogP contribution in [-0.2, 0) is 13.0 Å². The second-order valence-electron chi connectivity index (χ2n) is 7.84. The largest absolute Gasteiger partial charge is 1.00 e. The molecular formula is C23H26ClN3O3. The molecule has 30 heavy (non-hydrogen) atoms. The molecule has 2 aliphatic heterocycles. The van der Waals surface area contributed by atoms with Crippen molar-refractivity contribution in [2.24, 2.45) is 0 Å². The molecule has 0 unspecified atom stereocenters. The third-order valence-electron chi connectivity index (χ3n) is 5.70. The Kier molecular flexibility index (Phi) is 5.62. The maximum absolute atomic E-state index is 5.65. The first-order valence-corrected chi connectivity index (χ1v) is 10.00. The molecule has 2 aliphatic rings. The van der Waals surface area contributed by atoms with E-state index in [1.165, 1.54) is 27.6 Å². The van der Waals surface area contributed by atoms with E-state index in [1.807, 2.05) is 6.07 Å². The minimum Gasteiger partial charge on any atom is -1.00 e. The van der Waals surface area contributed by atoms with E-state index >= 15 is 0 Å². The average Bonchev–Trinajstić information content (AvgIpc) is 3.18. The van der Waals surface area contributed by atoms with Gasteiger partial charge in [0, 0.05) is 25.6 Å². The smallest absolute Gasteiger partial charge is 0.231 e. The third kappa shape index (κ3) is 3.50. The zero-order chi connectivity index (χ0) is 20.0. The zero-order valence-corrected chi connectivity index (χ0v) is 18.3. The Labute approximate surface area is 182 Å². The van der Waals surface area contributed by atoms with E-state index in [2.05, 4.69) is 59.3 Å². The van der Waals surface area contributed by atoms with Crippen molar-refractivity contribution >= 4 is 16.5 Å². The van der Waals surface area contributed by atoms with E-state index in [9.17, 15) is 0 Å². The summed E-state index contributed by atoms with van der Waals surface area (Å²) < 4.78 is 19.2. The van der Waals surface area contributed by atoms with E-state index in [0.29, 0.717) is 6.79 Å². The first kappa shape index (κ1) is 20.6. The number of rotatable bonds is 5. The molecule has 5 rings (SSSR count). The second-order valence-corrected chi connectivity index (χ2v) is 7.84. The molecule has 0 aliphatic carbocycles. The van der Waals surface area contributed by atoms with Gasteiger partial charge in [0.05, 0.1) is 23.7 Å². The monoisotopic (exact) mass is 427 g/mol. The molecule has 0 saturated heterocycles. The quantitative estimate of drug-likeness (QED) is 0.584. The molecule has 3 heterocycles. The fourth-order valence-corrected chi connectivity index (χ4v) is 4.18. The number of hydrogen-bond acceptors (Lipinski definition) is 5. The fraction of sp³-hybridized carbons (Fsp3) is 0.348. The highest BCUT2D eigenvalue weighted by atomic mass is 35.5. The lowest BCUT2D eigenvalue weighted by molar-refractivity contribution is -0.686. The number of halogens is 1. The summed E-state index contributed by atoms with van der Waals surface area (Å²) in [6.45, 7) is 3.05. The lowest BCUT2D eigenvalue weighted by Gasteiger charge is -2.19. The summed E-state index contributed by atoms with van der Waals surface area (Å²) in [7, 11) is 5.89. The zero-order valence-electron chi connectivity index (χ0n) is 17.5. The Morgan fingerprint density at radius 1 is 1.13 bits per heavy atom. The van der Waals surface area contributed by atoms with Crippen molar-refractivity contribution in [3.8, 4) is 28.5 Å². The van der Waals surface area contributed by atoms with Crippen molar-refractivity contribution in [2.45, 2.75) is 13.0 Å². The van der Waals surface area contributed by atoms with Gasteiger partial charge < -0.3 is 36.8 Å². The maximum Gasteiger partial charge on any atom is 0.231 e. The van der Waals surface area contributed by atoms with Crippen LogP contribution in [0.3, 0.4) is 0 Å². The van der Waals surface area contributed by atoms with Gasteiger partial charge in [0.15, 0.2) is 24.2 Å². The minimum atomic E-state index is 0. The van der Waals surface area contributed by atoms with E-state index in [1.54, 1.807) is 7.11 Å². The normalized spacial score (nSPS) is 13.6. The molecule has 1 N–H and O–H groups in total. The van der Waals surface area contributed by atoms with Crippen LogP contribution >= 0.6 is 0 Å². The summed E-state index contributed by atoms with van der Waals surface area (Å²) >= 11 is 0. The SMILES string of the molecule is COc1ccc2cc3[n+](cc2c1NCCN(C)C)CCc1cc2c(cc1-3)OCO2.[Cl-]. The maximum atomic E-state index is 5.65. The molecule has 0 spiro atoms. The van der Waals surface area contributed by atoms with Crippen LogP contribution in [0.4, 0.5) is 5.69 Å². The number of nitrogens with one attached hydrogen (secondary N) is 1. The predicted molar refractivity (Wildman–Crippen MR) is 113 cm³/mol. The number of hydrogen-bond donors (Lipinski definition) is 1. The van der Waals surface area contributed by atoms with Crippen LogP contribution in [0.5, 0.6) is 17.2 Å². The van der Waals surface area contributed by atoms with Crippen molar-refractivity contribution in [3.05, 3.63) is 42.1 Å². The summed E-state index contributed by atoms with van der Waals surface area (Å²) in [5.41, 5.74) is 4.80. The molecule has 2 aromatic carbocycles. The third-order valence-corrected chi connectivity index (χ3v) is 5.70. The van der Waals surface area contributed by atoms with Gasteiger partial charge >= 0.3 is 0 Å². The summed E-state index contributed by atoms with van der Waals surface area (Å²) in [6, 6.07) is 10.7. The number of methoxy groups -OCH3 is 1. The van der Waals surface area contributed by atoms with Gasteiger partial charge in [-0.15, -0.1) is 0 Å². The minimum absolute atomic E-state index is 0. The first-order chi connectivity index (χ1) is 14.1. The van der Waals surface area contributed by atoms with Gasteiger partial charge in [0.25, 0.3) is 0 Å². The summed E-state index contributed by atoms with van der Waals surface area (Å²) in [5.74, 6) is 2.56. The number of fused-ring (bicyclic) bond motifs is 5. The van der Waals surface area contributed by atoms with Gasteiger partial charge in [0.1, 0.15) is 5.75 Å². The van der Waals surface area contributed by atoms with E-state index < -0.39 is 0 Å². The number of aromatic nitrogens is 1. The van der Waals surface area contributed by atoms with Crippen LogP contribution in [-0.4, -0.2) is 46.0 Å². The molecule has 0 saturated carbocycles. The number of nitrogens with zero attached hydrogens (tertiary/aromatic N) is 2. The molecule has 0 amide bonds. The molecular weight excluding hydrogens is 402 g/mol. The van der Waals surface area contributed by atoms with Crippen molar-refractivity contribution in [2.75, 3.05) is 46.4 Å². The average molecular weight is 428 g/mol. The predicted octanol–water partition coefficient (Wildman–Crippen LogP) is 0.0652. The molecule has 3 aromatic rings. The Hall–Kier alpha value is -2.70. The highest BCUT2D eigenvalue weighted by Gasteiger charge is 2.28. The molecule has 0 bridgehead atoms. The van der Waals surface area contributed by atoms with Crippen LogP contribution in [0.2, 0.25) is 0 Å². The summed E-state index contributed by atoms with van der Waals surface area (Å²) in [4.78, 5) is 2.17. The number of ether oxygens (including phenoxy) is 3. The van der Waals surface area contributed by atoms with Gasteiger partial charge in [-0.2, -0.15) is 4.57 Å². The number of benzene rings is 2. The van der Waals surface area contributed by atoms with Gasteiger partial charge in [-0.3, -0.25) is 0 Å². The topological polar surface area (TPSA) is 46.8 Å². The van der Waals surface area contributed by atoms with Crippen LogP contribution in [0.1, 0.15) is 5.56 Å². The number of pyridine rings is 1. The summed E-state index contributed by atoms with van der Waals surface area (Å²) in [5, 5.41) is 5.95. The lowest BCUT2D eigenvalue weighted by Crippen LogP contribution is -3.00. The Morgan fingerprint density at radius 3 is 2.70 bits per heavy atom. The van der Waals surface area contributed by atoms with Crippen molar-refractivity contribution in [1.82, 2.24) is 4.90 Å².